The third-order valence-electron chi connectivity index (χ3n) is 5.08. The largest absolute Gasteiger partial charge is 0.493 e. The molecular formula is C18H28O2. The minimum absolute atomic E-state index is 0.255. The quantitative estimate of drug-likeness (QED) is 0.777. The maximum Gasteiger partial charge on any atom is 0.161 e. The first-order valence-electron chi connectivity index (χ1n) is 7.67. The van der Waals surface area contributed by atoms with Gasteiger partial charge in [-0.05, 0) is 36.0 Å². The molecule has 1 aromatic rings. The second-order valence-corrected chi connectivity index (χ2v) is 6.96. The van der Waals surface area contributed by atoms with Gasteiger partial charge >= 0.3 is 0 Å². The average Bonchev–Trinajstić information content (AvgIpc) is 2.46. The van der Waals surface area contributed by atoms with Gasteiger partial charge in [-0.2, -0.15) is 0 Å². The van der Waals surface area contributed by atoms with Gasteiger partial charge in [0.25, 0.3) is 0 Å². The molecule has 1 aromatic carbocycles. The Morgan fingerprint density at radius 3 is 2.00 bits per heavy atom. The van der Waals surface area contributed by atoms with Crippen LogP contribution in [0, 0.1) is 5.41 Å². The number of hydrogen-bond donors (Lipinski definition) is 0. The van der Waals surface area contributed by atoms with Gasteiger partial charge in [0.1, 0.15) is 0 Å². The highest BCUT2D eigenvalue weighted by atomic mass is 16.5. The van der Waals surface area contributed by atoms with Crippen molar-refractivity contribution in [2.75, 3.05) is 14.2 Å². The van der Waals surface area contributed by atoms with E-state index in [4.69, 9.17) is 9.47 Å². The van der Waals surface area contributed by atoms with Gasteiger partial charge in [-0.15, -0.1) is 0 Å². The first-order valence-corrected chi connectivity index (χ1v) is 7.67. The topological polar surface area (TPSA) is 18.5 Å². The van der Waals surface area contributed by atoms with Crippen molar-refractivity contribution >= 4 is 0 Å². The summed E-state index contributed by atoms with van der Waals surface area (Å²) in [6, 6.07) is 6.48. The van der Waals surface area contributed by atoms with Gasteiger partial charge in [0, 0.05) is 5.41 Å². The van der Waals surface area contributed by atoms with Crippen LogP contribution in [0.3, 0.4) is 0 Å². The Balaban J connectivity index is 2.49. The van der Waals surface area contributed by atoms with E-state index in [-0.39, 0.29) is 10.8 Å². The van der Waals surface area contributed by atoms with Crippen LogP contribution in [0.5, 0.6) is 11.5 Å². The lowest BCUT2D eigenvalue weighted by Crippen LogP contribution is -2.41. The molecule has 0 atom stereocenters. The molecule has 0 heterocycles. The monoisotopic (exact) mass is 276 g/mol. The van der Waals surface area contributed by atoms with E-state index in [1.807, 2.05) is 0 Å². The first kappa shape index (κ1) is 15.2. The molecule has 0 amide bonds. The van der Waals surface area contributed by atoms with Crippen molar-refractivity contribution in [3.63, 3.8) is 0 Å². The summed E-state index contributed by atoms with van der Waals surface area (Å²) in [5.74, 6) is 1.66. The molecule has 2 nitrogen and oxygen atoms in total. The highest BCUT2D eigenvalue weighted by Gasteiger charge is 2.44. The Hall–Kier alpha value is -1.18. The molecule has 0 spiro atoms. The van der Waals surface area contributed by atoms with Crippen molar-refractivity contribution < 1.29 is 9.47 Å². The summed E-state index contributed by atoms with van der Waals surface area (Å²) in [5, 5.41) is 0. The fourth-order valence-electron chi connectivity index (χ4n) is 3.76. The average molecular weight is 276 g/mol. The fraction of sp³-hybridized carbons (Fsp3) is 0.667. The van der Waals surface area contributed by atoms with Crippen LogP contribution >= 0.6 is 0 Å². The van der Waals surface area contributed by atoms with E-state index < -0.39 is 0 Å². The standard InChI is InChI=1S/C18H28O2/c1-17(2,3)18(11-7-6-8-12-18)14-9-10-15(19-4)16(13-14)20-5/h9-10,13H,6-8,11-12H2,1-5H3. The van der Waals surface area contributed by atoms with Crippen molar-refractivity contribution in [2.45, 2.75) is 58.3 Å². The maximum absolute atomic E-state index is 5.50. The lowest BCUT2D eigenvalue weighted by atomic mass is 9.56. The summed E-state index contributed by atoms with van der Waals surface area (Å²) in [7, 11) is 3.41. The lowest BCUT2D eigenvalue weighted by Gasteiger charge is -2.48. The van der Waals surface area contributed by atoms with E-state index >= 15 is 0 Å². The molecule has 0 aromatic heterocycles. The van der Waals surface area contributed by atoms with E-state index in [2.05, 4.69) is 39.0 Å². The van der Waals surface area contributed by atoms with E-state index in [9.17, 15) is 0 Å². The highest BCUT2D eigenvalue weighted by molar-refractivity contribution is 5.46. The molecule has 0 N–H and O–H groups in total. The van der Waals surface area contributed by atoms with Crippen LogP contribution in [0.25, 0.3) is 0 Å². The minimum atomic E-state index is 0.255. The summed E-state index contributed by atoms with van der Waals surface area (Å²) in [6.07, 6.45) is 6.56. The number of hydrogen-bond acceptors (Lipinski definition) is 2. The van der Waals surface area contributed by atoms with Crippen molar-refractivity contribution in [2.24, 2.45) is 5.41 Å². The molecule has 0 saturated heterocycles. The third-order valence-corrected chi connectivity index (χ3v) is 5.08. The summed E-state index contributed by atoms with van der Waals surface area (Å²) in [6.45, 7) is 7.11. The van der Waals surface area contributed by atoms with Crippen LogP contribution < -0.4 is 9.47 Å². The van der Waals surface area contributed by atoms with E-state index in [1.54, 1.807) is 14.2 Å². The summed E-state index contributed by atoms with van der Waals surface area (Å²) in [5.41, 5.74) is 1.92. The smallest absolute Gasteiger partial charge is 0.161 e. The lowest BCUT2D eigenvalue weighted by molar-refractivity contribution is 0.125. The molecular weight excluding hydrogens is 248 g/mol. The second kappa shape index (κ2) is 5.67. The fourth-order valence-corrected chi connectivity index (χ4v) is 3.76. The number of benzene rings is 1. The van der Waals surface area contributed by atoms with Crippen LogP contribution in [-0.4, -0.2) is 14.2 Å². The van der Waals surface area contributed by atoms with Crippen LogP contribution in [-0.2, 0) is 5.41 Å². The van der Waals surface area contributed by atoms with E-state index in [1.165, 1.54) is 37.7 Å². The molecule has 1 aliphatic carbocycles. The molecule has 0 radical (unpaired) electrons. The van der Waals surface area contributed by atoms with Crippen molar-refractivity contribution in [3.8, 4) is 11.5 Å². The normalized spacial score (nSPS) is 18.6. The number of ether oxygens (including phenoxy) is 2. The number of methoxy groups -OCH3 is 2. The van der Waals surface area contributed by atoms with Gasteiger partial charge in [0.15, 0.2) is 11.5 Å². The second-order valence-electron chi connectivity index (χ2n) is 6.96. The van der Waals surface area contributed by atoms with Gasteiger partial charge in [0.05, 0.1) is 14.2 Å². The van der Waals surface area contributed by atoms with E-state index in [0.717, 1.165) is 11.5 Å². The third kappa shape index (κ3) is 2.53. The molecule has 0 aliphatic heterocycles. The zero-order valence-electron chi connectivity index (χ0n) is 13.6. The Labute approximate surface area is 123 Å². The van der Waals surface area contributed by atoms with Crippen molar-refractivity contribution in [1.82, 2.24) is 0 Å². The van der Waals surface area contributed by atoms with Crippen molar-refractivity contribution in [3.05, 3.63) is 23.8 Å². The minimum Gasteiger partial charge on any atom is -0.493 e. The predicted molar refractivity (Wildman–Crippen MR) is 83.8 cm³/mol. The summed E-state index contributed by atoms with van der Waals surface area (Å²) >= 11 is 0. The summed E-state index contributed by atoms with van der Waals surface area (Å²) in [4.78, 5) is 0. The van der Waals surface area contributed by atoms with Crippen molar-refractivity contribution in [1.29, 1.82) is 0 Å². The van der Waals surface area contributed by atoms with Crippen LogP contribution in [0.1, 0.15) is 58.4 Å². The SMILES string of the molecule is COc1ccc(C2(C(C)(C)C)CCCCC2)cc1OC. The van der Waals surface area contributed by atoms with Crippen LogP contribution in [0.2, 0.25) is 0 Å². The molecule has 0 bridgehead atoms. The zero-order valence-corrected chi connectivity index (χ0v) is 13.6. The zero-order chi connectivity index (χ0) is 14.8. The van der Waals surface area contributed by atoms with Gasteiger partial charge in [-0.3, -0.25) is 0 Å². The molecule has 2 heteroatoms. The molecule has 2 rings (SSSR count). The van der Waals surface area contributed by atoms with Gasteiger partial charge in [-0.1, -0.05) is 46.1 Å². The molecule has 20 heavy (non-hydrogen) atoms. The predicted octanol–water partition coefficient (Wildman–Crippen LogP) is 4.95. The Morgan fingerprint density at radius 2 is 1.50 bits per heavy atom. The molecule has 112 valence electrons. The molecule has 1 aliphatic rings. The van der Waals surface area contributed by atoms with Gasteiger partial charge in [0.2, 0.25) is 0 Å². The molecule has 1 saturated carbocycles. The molecule has 0 unspecified atom stereocenters. The van der Waals surface area contributed by atoms with E-state index in [0.29, 0.717) is 0 Å². The van der Waals surface area contributed by atoms with Gasteiger partial charge < -0.3 is 9.47 Å². The molecule has 1 fully saturated rings. The highest BCUT2D eigenvalue weighted by Crippen LogP contribution is 2.52. The number of rotatable bonds is 3. The summed E-state index contributed by atoms with van der Waals surface area (Å²) < 4.78 is 10.9. The Bertz CT molecular complexity index is 451. The van der Waals surface area contributed by atoms with Crippen LogP contribution in [0.15, 0.2) is 18.2 Å². The van der Waals surface area contributed by atoms with Crippen LogP contribution in [0.4, 0.5) is 0 Å². The Morgan fingerprint density at radius 1 is 0.900 bits per heavy atom. The Kier molecular flexibility index (Phi) is 4.31. The first-order chi connectivity index (χ1) is 9.44. The maximum atomic E-state index is 5.50. The van der Waals surface area contributed by atoms with Gasteiger partial charge in [-0.25, -0.2) is 0 Å².